The lowest BCUT2D eigenvalue weighted by Gasteiger charge is -2.34. The molecule has 1 saturated heterocycles. The Morgan fingerprint density at radius 2 is 1.14 bits per heavy atom. The van der Waals surface area contributed by atoms with Gasteiger partial charge < -0.3 is 23.7 Å². The van der Waals surface area contributed by atoms with E-state index in [-0.39, 0.29) is 11.8 Å². The van der Waals surface area contributed by atoms with Gasteiger partial charge in [-0.3, -0.25) is 4.57 Å². The minimum Gasteiger partial charge on any atom is -0.374 e. The van der Waals surface area contributed by atoms with Crippen LogP contribution >= 0.6 is 11.6 Å². The maximum atomic E-state index is 7.02. The number of fused-ring (bicyclic) bond motifs is 1. The first-order valence-corrected chi connectivity index (χ1v) is 17.2. The molecule has 0 aliphatic carbocycles. The molecule has 10 heteroatoms. The molecule has 0 amide bonds. The van der Waals surface area contributed by atoms with Crippen LogP contribution in [0.3, 0.4) is 0 Å². The van der Waals surface area contributed by atoms with Crippen LogP contribution in [0.5, 0.6) is 0 Å². The fourth-order valence-electron chi connectivity index (χ4n) is 6.18. The lowest BCUT2D eigenvalue weighted by Crippen LogP contribution is -2.48. The highest BCUT2D eigenvalue weighted by atomic mass is 35.5. The predicted molar refractivity (Wildman–Crippen MR) is 190 cm³/mol. The number of nitrogens with zero attached hydrogens (tertiary/aromatic N) is 4. The van der Waals surface area contributed by atoms with Crippen LogP contribution < -0.4 is 0 Å². The van der Waals surface area contributed by atoms with Gasteiger partial charge in [-0.15, -0.1) is 0 Å². The van der Waals surface area contributed by atoms with E-state index in [0.29, 0.717) is 44.0 Å². The van der Waals surface area contributed by atoms with E-state index < -0.39 is 30.6 Å². The highest BCUT2D eigenvalue weighted by molar-refractivity contribution is 6.33. The van der Waals surface area contributed by atoms with Crippen LogP contribution in [0.2, 0.25) is 5.15 Å². The first-order valence-electron chi connectivity index (χ1n) is 16.8. The predicted octanol–water partition coefficient (Wildman–Crippen LogP) is 7.74. The lowest BCUT2D eigenvalue weighted by molar-refractivity contribution is -0.184. The van der Waals surface area contributed by atoms with Crippen molar-refractivity contribution in [2.24, 2.45) is 0 Å². The summed E-state index contributed by atoms with van der Waals surface area (Å²) in [6, 6.07) is 40.4. The third-order valence-electron chi connectivity index (χ3n) is 8.72. The number of aromatic nitrogens is 4. The molecule has 9 nitrogen and oxygen atoms in total. The summed E-state index contributed by atoms with van der Waals surface area (Å²) in [5.74, 6) is 0. The minimum atomic E-state index is -0.575. The molecule has 0 saturated carbocycles. The largest absolute Gasteiger partial charge is 0.374 e. The maximum absolute atomic E-state index is 7.02. The summed E-state index contributed by atoms with van der Waals surface area (Å²) >= 11 is 6.44. The molecule has 0 radical (unpaired) electrons. The summed E-state index contributed by atoms with van der Waals surface area (Å²) < 4.78 is 35.8. The lowest BCUT2D eigenvalue weighted by atomic mass is 10.0. The van der Waals surface area contributed by atoms with Crippen LogP contribution in [0.25, 0.3) is 11.2 Å². The number of benzene rings is 4. The normalized spacial score (nSPS) is 20.9. The van der Waals surface area contributed by atoms with Gasteiger partial charge in [0.1, 0.15) is 36.4 Å². The zero-order valence-electron chi connectivity index (χ0n) is 27.5. The van der Waals surface area contributed by atoms with Gasteiger partial charge in [-0.2, -0.15) is 0 Å². The van der Waals surface area contributed by atoms with Crippen LogP contribution in [0.1, 0.15) is 34.9 Å². The molecule has 0 N–H and O–H groups in total. The van der Waals surface area contributed by atoms with Gasteiger partial charge in [0.25, 0.3) is 0 Å². The molecule has 1 aliphatic heterocycles. The molecule has 1 aliphatic rings. The van der Waals surface area contributed by atoms with Gasteiger partial charge in [-0.1, -0.05) is 133 Å². The Labute approximate surface area is 296 Å². The number of hydrogen-bond acceptors (Lipinski definition) is 8. The van der Waals surface area contributed by atoms with Crippen LogP contribution in [-0.4, -0.2) is 50.5 Å². The van der Waals surface area contributed by atoms with Crippen molar-refractivity contribution in [3.05, 3.63) is 161 Å². The van der Waals surface area contributed by atoms with E-state index in [1.807, 2.05) is 102 Å². The van der Waals surface area contributed by atoms with E-state index in [1.54, 1.807) is 6.33 Å². The summed E-state index contributed by atoms with van der Waals surface area (Å²) in [4.78, 5) is 13.2. The fourth-order valence-corrected chi connectivity index (χ4v) is 6.36. The van der Waals surface area contributed by atoms with Crippen LogP contribution in [-0.2, 0) is 50.1 Å². The van der Waals surface area contributed by atoms with Crippen molar-refractivity contribution in [1.29, 1.82) is 0 Å². The van der Waals surface area contributed by atoms with Gasteiger partial charge in [-0.25, -0.2) is 15.0 Å². The topological polar surface area (TPSA) is 89.8 Å². The number of rotatable bonds is 14. The van der Waals surface area contributed by atoms with Gasteiger partial charge in [0, 0.05) is 6.42 Å². The molecular formula is C40H39ClN4O5. The van der Waals surface area contributed by atoms with E-state index in [2.05, 4.69) is 39.2 Å². The third kappa shape index (κ3) is 8.62. The zero-order chi connectivity index (χ0) is 34.0. The number of imidazole rings is 1. The second kappa shape index (κ2) is 17.0. The van der Waals surface area contributed by atoms with Gasteiger partial charge in [0.05, 0.1) is 45.5 Å². The van der Waals surface area contributed by atoms with Crippen molar-refractivity contribution in [2.75, 3.05) is 6.61 Å². The molecule has 256 valence electrons. The summed E-state index contributed by atoms with van der Waals surface area (Å²) in [5, 5.41) is 0.273. The Bertz CT molecular complexity index is 1900. The Hall–Kier alpha value is -4.48. The van der Waals surface area contributed by atoms with E-state index in [1.165, 1.54) is 6.33 Å². The number of ether oxygens (including phenoxy) is 5. The van der Waals surface area contributed by atoms with Crippen molar-refractivity contribution in [3.63, 3.8) is 0 Å². The monoisotopic (exact) mass is 690 g/mol. The first kappa shape index (κ1) is 34.0. The molecule has 2 aromatic heterocycles. The van der Waals surface area contributed by atoms with Crippen molar-refractivity contribution in [3.8, 4) is 0 Å². The van der Waals surface area contributed by atoms with Gasteiger partial charge in [0.15, 0.2) is 10.8 Å². The van der Waals surface area contributed by atoms with Crippen LogP contribution in [0, 0.1) is 0 Å². The van der Waals surface area contributed by atoms with Crippen LogP contribution in [0.4, 0.5) is 0 Å². The summed E-state index contributed by atoms with van der Waals surface area (Å²) in [5.41, 5.74) is 5.25. The van der Waals surface area contributed by atoms with E-state index in [9.17, 15) is 0 Å². The van der Waals surface area contributed by atoms with Gasteiger partial charge in [-0.05, 0) is 22.3 Å². The fraction of sp³-hybridized carbons (Fsp3) is 0.275. The Morgan fingerprint density at radius 3 is 1.72 bits per heavy atom. The standard InChI is InChI=1S/C40H39ClN4O5/c41-39-36-40(43-27-42-39)45(28-44-36)35-21-33(47-23-30-15-7-2-8-16-30)37(48-24-31-17-9-3-10-18-31)38(49-25-32-19-11-4-12-20-32)34(50-35)26-46-22-29-13-5-1-6-14-29/h1-20,27-28,33-35,37-38H,21-26H2/t33-,34+,35+,37+,38+/m0/s1. The molecule has 3 heterocycles. The SMILES string of the molecule is Clc1ncnc2c1ncn2[C@H]1C[C@H](OCc2ccccc2)[C@@H](OCc2ccccc2)[C@H](OCc2ccccc2)[C@@H](COCc2ccccc2)O1. The quantitative estimate of drug-likeness (QED) is 0.107. The highest BCUT2D eigenvalue weighted by Crippen LogP contribution is 2.35. The first-order chi connectivity index (χ1) is 24.7. The van der Waals surface area contributed by atoms with Crippen molar-refractivity contribution < 1.29 is 23.7 Å². The van der Waals surface area contributed by atoms with Crippen molar-refractivity contribution in [1.82, 2.24) is 19.5 Å². The highest BCUT2D eigenvalue weighted by Gasteiger charge is 2.44. The Morgan fingerprint density at radius 1 is 0.620 bits per heavy atom. The number of halogens is 1. The third-order valence-corrected chi connectivity index (χ3v) is 8.99. The second-order valence-corrected chi connectivity index (χ2v) is 12.6. The molecule has 1 fully saturated rings. The summed E-state index contributed by atoms with van der Waals surface area (Å²) in [6.07, 6.45) is 0.842. The molecular weight excluding hydrogens is 652 g/mol. The molecule has 50 heavy (non-hydrogen) atoms. The molecule has 5 atom stereocenters. The molecule has 6 aromatic rings. The zero-order valence-corrected chi connectivity index (χ0v) is 28.3. The van der Waals surface area contributed by atoms with Crippen molar-refractivity contribution >= 4 is 22.8 Å². The van der Waals surface area contributed by atoms with Gasteiger partial charge in [0.2, 0.25) is 0 Å². The average Bonchev–Trinajstić information content (AvgIpc) is 3.55. The Kier molecular flexibility index (Phi) is 11.5. The molecule has 0 spiro atoms. The number of hydrogen-bond donors (Lipinski definition) is 0. The molecule has 7 rings (SSSR count). The molecule has 4 aromatic carbocycles. The van der Waals surface area contributed by atoms with Crippen molar-refractivity contribution in [2.45, 2.75) is 63.5 Å². The maximum Gasteiger partial charge on any atom is 0.166 e. The van der Waals surface area contributed by atoms with E-state index in [0.717, 1.165) is 22.3 Å². The van der Waals surface area contributed by atoms with E-state index >= 15 is 0 Å². The Balaban J connectivity index is 1.26. The minimum absolute atomic E-state index is 0.240. The molecule has 0 unspecified atom stereocenters. The average molecular weight is 691 g/mol. The smallest absolute Gasteiger partial charge is 0.166 e. The molecule has 0 bridgehead atoms. The van der Waals surface area contributed by atoms with Gasteiger partial charge >= 0.3 is 0 Å². The van der Waals surface area contributed by atoms with E-state index in [4.69, 9.17) is 35.3 Å². The second-order valence-electron chi connectivity index (χ2n) is 12.2. The summed E-state index contributed by atoms with van der Waals surface area (Å²) in [7, 11) is 0. The van der Waals surface area contributed by atoms with Crippen LogP contribution in [0.15, 0.2) is 134 Å². The summed E-state index contributed by atoms with van der Waals surface area (Å²) in [6.45, 7) is 1.74.